The van der Waals surface area contributed by atoms with Crippen molar-refractivity contribution < 1.29 is 4.74 Å². The van der Waals surface area contributed by atoms with Gasteiger partial charge in [-0.3, -0.25) is 0 Å². The van der Waals surface area contributed by atoms with Crippen LogP contribution in [0, 0.1) is 5.92 Å². The molecule has 3 heteroatoms. The minimum atomic E-state index is 0.394. The number of halogens is 1. The van der Waals surface area contributed by atoms with Gasteiger partial charge in [0, 0.05) is 30.3 Å². The first kappa shape index (κ1) is 13.9. The van der Waals surface area contributed by atoms with Crippen molar-refractivity contribution in [2.75, 3.05) is 13.2 Å². The Morgan fingerprint density at radius 3 is 2.33 bits per heavy atom. The van der Waals surface area contributed by atoms with Crippen molar-refractivity contribution in [1.29, 1.82) is 0 Å². The highest BCUT2D eigenvalue weighted by Gasteiger charge is 2.21. The molecule has 1 aromatic carbocycles. The van der Waals surface area contributed by atoms with E-state index in [0.29, 0.717) is 18.0 Å². The number of hydrogen-bond acceptors (Lipinski definition) is 2. The van der Waals surface area contributed by atoms with E-state index in [-0.39, 0.29) is 0 Å². The van der Waals surface area contributed by atoms with Gasteiger partial charge in [0.1, 0.15) is 0 Å². The second-order valence-corrected chi connectivity index (χ2v) is 5.76. The van der Waals surface area contributed by atoms with Gasteiger partial charge in [0.05, 0.1) is 0 Å². The molecular formula is C15H22ClNO. The molecular weight excluding hydrogens is 246 g/mol. The lowest BCUT2D eigenvalue weighted by atomic mass is 9.94. The van der Waals surface area contributed by atoms with E-state index in [2.05, 4.69) is 31.3 Å². The van der Waals surface area contributed by atoms with Crippen molar-refractivity contribution in [1.82, 2.24) is 5.32 Å². The largest absolute Gasteiger partial charge is 0.381 e. The van der Waals surface area contributed by atoms with Gasteiger partial charge in [-0.1, -0.05) is 37.6 Å². The smallest absolute Gasteiger partial charge is 0.0480 e. The Morgan fingerprint density at radius 2 is 1.78 bits per heavy atom. The molecule has 0 saturated carbocycles. The van der Waals surface area contributed by atoms with E-state index in [1.165, 1.54) is 5.56 Å². The lowest BCUT2D eigenvalue weighted by molar-refractivity contribution is 0.0728. The van der Waals surface area contributed by atoms with E-state index in [1.807, 2.05) is 12.1 Å². The molecule has 18 heavy (non-hydrogen) atoms. The van der Waals surface area contributed by atoms with Gasteiger partial charge >= 0.3 is 0 Å². The van der Waals surface area contributed by atoms with Crippen LogP contribution in [0.3, 0.4) is 0 Å². The third-order valence-electron chi connectivity index (χ3n) is 3.53. The molecule has 0 amide bonds. The van der Waals surface area contributed by atoms with Crippen LogP contribution in [0.15, 0.2) is 24.3 Å². The Bertz CT molecular complexity index is 357. The van der Waals surface area contributed by atoms with E-state index in [4.69, 9.17) is 16.3 Å². The van der Waals surface area contributed by atoms with Crippen molar-refractivity contribution in [2.45, 2.75) is 38.8 Å². The molecule has 1 fully saturated rings. The van der Waals surface area contributed by atoms with Crippen molar-refractivity contribution in [3.63, 3.8) is 0 Å². The fourth-order valence-electron chi connectivity index (χ4n) is 2.46. The number of nitrogens with one attached hydrogen (secondary N) is 1. The average molecular weight is 268 g/mol. The summed E-state index contributed by atoms with van der Waals surface area (Å²) in [5.74, 6) is 0.564. The Balaban J connectivity index is 2.05. The van der Waals surface area contributed by atoms with Gasteiger partial charge in [-0.05, 0) is 36.5 Å². The zero-order valence-corrected chi connectivity index (χ0v) is 11.9. The normalized spacial score (nSPS) is 19.1. The summed E-state index contributed by atoms with van der Waals surface area (Å²) in [4.78, 5) is 0. The fraction of sp³-hybridized carbons (Fsp3) is 0.600. The first-order valence-electron chi connectivity index (χ1n) is 6.76. The van der Waals surface area contributed by atoms with Crippen LogP contribution in [0.1, 0.15) is 38.3 Å². The average Bonchev–Trinajstić information content (AvgIpc) is 2.38. The number of benzene rings is 1. The minimum Gasteiger partial charge on any atom is -0.381 e. The second kappa shape index (κ2) is 6.55. The van der Waals surface area contributed by atoms with Gasteiger partial charge in [-0.25, -0.2) is 0 Å². The maximum atomic E-state index is 5.95. The van der Waals surface area contributed by atoms with Crippen molar-refractivity contribution in [3.8, 4) is 0 Å². The molecule has 1 aromatic rings. The Morgan fingerprint density at radius 1 is 1.17 bits per heavy atom. The van der Waals surface area contributed by atoms with Crippen LogP contribution in [-0.2, 0) is 4.74 Å². The van der Waals surface area contributed by atoms with Crippen LogP contribution >= 0.6 is 11.6 Å². The summed E-state index contributed by atoms with van der Waals surface area (Å²) in [5.41, 5.74) is 1.32. The molecule has 2 rings (SSSR count). The highest BCUT2D eigenvalue weighted by atomic mass is 35.5. The van der Waals surface area contributed by atoms with E-state index in [9.17, 15) is 0 Å². The Kier molecular flexibility index (Phi) is 5.04. The first-order valence-corrected chi connectivity index (χ1v) is 7.14. The molecule has 1 aliphatic heterocycles. The summed E-state index contributed by atoms with van der Waals surface area (Å²) in [6.45, 7) is 6.27. The van der Waals surface area contributed by atoms with E-state index in [1.54, 1.807) is 0 Å². The Labute approximate surface area is 115 Å². The zero-order chi connectivity index (χ0) is 13.0. The van der Waals surface area contributed by atoms with E-state index in [0.717, 1.165) is 31.1 Å². The summed E-state index contributed by atoms with van der Waals surface area (Å²) in [7, 11) is 0. The van der Waals surface area contributed by atoms with Crippen LogP contribution in [0.4, 0.5) is 0 Å². The molecule has 0 bridgehead atoms. The third kappa shape index (κ3) is 3.71. The summed E-state index contributed by atoms with van der Waals surface area (Å²) in [5, 5.41) is 4.57. The molecule has 0 aromatic heterocycles. The first-order chi connectivity index (χ1) is 8.66. The predicted molar refractivity (Wildman–Crippen MR) is 76.0 cm³/mol. The number of rotatable bonds is 4. The summed E-state index contributed by atoms with van der Waals surface area (Å²) in [6.07, 6.45) is 2.22. The molecule has 0 spiro atoms. The van der Waals surface area contributed by atoms with Crippen LogP contribution in [0.25, 0.3) is 0 Å². The summed E-state index contributed by atoms with van der Waals surface area (Å²) in [6, 6.07) is 9.15. The second-order valence-electron chi connectivity index (χ2n) is 5.33. The van der Waals surface area contributed by atoms with Gasteiger partial charge < -0.3 is 10.1 Å². The highest BCUT2D eigenvalue weighted by molar-refractivity contribution is 6.30. The minimum absolute atomic E-state index is 0.394. The van der Waals surface area contributed by atoms with Gasteiger partial charge in [0.25, 0.3) is 0 Å². The van der Waals surface area contributed by atoms with Crippen LogP contribution in [0.5, 0.6) is 0 Å². The third-order valence-corrected chi connectivity index (χ3v) is 3.78. The molecule has 100 valence electrons. The maximum Gasteiger partial charge on any atom is 0.0480 e. The molecule has 0 radical (unpaired) electrons. The van der Waals surface area contributed by atoms with Crippen LogP contribution in [0.2, 0.25) is 5.02 Å². The van der Waals surface area contributed by atoms with E-state index < -0.39 is 0 Å². The van der Waals surface area contributed by atoms with Crippen molar-refractivity contribution in [3.05, 3.63) is 34.9 Å². The molecule has 1 aliphatic rings. The van der Waals surface area contributed by atoms with Crippen LogP contribution < -0.4 is 5.32 Å². The molecule has 1 atom stereocenters. The van der Waals surface area contributed by atoms with Gasteiger partial charge in [0.15, 0.2) is 0 Å². The SMILES string of the molecule is CC(C)C(NC1CCOCC1)c1ccc(Cl)cc1. The summed E-state index contributed by atoms with van der Waals surface area (Å²) >= 11 is 5.95. The van der Waals surface area contributed by atoms with Gasteiger partial charge in [-0.2, -0.15) is 0 Å². The molecule has 1 saturated heterocycles. The van der Waals surface area contributed by atoms with Crippen LogP contribution in [-0.4, -0.2) is 19.3 Å². The van der Waals surface area contributed by atoms with Gasteiger partial charge in [-0.15, -0.1) is 0 Å². The summed E-state index contributed by atoms with van der Waals surface area (Å²) < 4.78 is 5.41. The molecule has 1 N–H and O–H groups in total. The lowest BCUT2D eigenvalue weighted by Gasteiger charge is -2.31. The quantitative estimate of drug-likeness (QED) is 0.896. The number of hydrogen-bond donors (Lipinski definition) is 1. The zero-order valence-electron chi connectivity index (χ0n) is 11.2. The molecule has 2 nitrogen and oxygen atoms in total. The van der Waals surface area contributed by atoms with Gasteiger partial charge in [0.2, 0.25) is 0 Å². The Hall–Kier alpha value is -0.570. The lowest BCUT2D eigenvalue weighted by Crippen LogP contribution is -2.39. The predicted octanol–water partition coefficient (Wildman–Crippen LogP) is 3.81. The monoisotopic (exact) mass is 267 g/mol. The highest BCUT2D eigenvalue weighted by Crippen LogP contribution is 2.25. The van der Waals surface area contributed by atoms with Crippen molar-refractivity contribution >= 4 is 11.6 Å². The topological polar surface area (TPSA) is 21.3 Å². The molecule has 1 heterocycles. The van der Waals surface area contributed by atoms with Crippen molar-refractivity contribution in [2.24, 2.45) is 5.92 Å². The fourth-order valence-corrected chi connectivity index (χ4v) is 2.59. The van der Waals surface area contributed by atoms with E-state index >= 15 is 0 Å². The standard InChI is InChI=1S/C15H22ClNO/c1-11(2)15(12-3-5-13(16)6-4-12)17-14-7-9-18-10-8-14/h3-6,11,14-15,17H,7-10H2,1-2H3. The number of ether oxygens (including phenoxy) is 1. The molecule has 1 unspecified atom stereocenters. The maximum absolute atomic E-state index is 5.95. The molecule has 0 aliphatic carbocycles.